The lowest BCUT2D eigenvalue weighted by Crippen LogP contribution is -2.18. The fraction of sp³-hybridized carbons (Fsp3) is 0.222. The van der Waals surface area contributed by atoms with E-state index in [2.05, 4.69) is 54.0 Å². The Bertz CT molecular complexity index is 986. The van der Waals surface area contributed by atoms with Crippen LogP contribution in [0.3, 0.4) is 0 Å². The molecule has 2 atom stereocenters. The van der Waals surface area contributed by atoms with Gasteiger partial charge in [-0.05, 0) is 37.3 Å². The average Bonchev–Trinajstić information content (AvgIpc) is 2.95. The fourth-order valence-electron chi connectivity index (χ4n) is 3.22. The number of aryl methyl sites for hydroxylation is 1. The molecule has 0 radical (unpaired) electrons. The molecule has 0 saturated carbocycles. The van der Waals surface area contributed by atoms with Crippen LogP contribution >= 0.6 is 15.9 Å². The number of halogens is 1. The molecule has 0 saturated heterocycles. The van der Waals surface area contributed by atoms with Crippen molar-refractivity contribution in [3.05, 3.63) is 63.9 Å². The second-order valence-electron chi connectivity index (χ2n) is 6.10. The molecule has 25 heavy (non-hydrogen) atoms. The van der Waals surface area contributed by atoms with Crippen LogP contribution < -0.4 is 5.32 Å². The van der Waals surface area contributed by atoms with Crippen molar-refractivity contribution in [1.82, 2.24) is 19.7 Å². The standard InChI is InChI=1S/C18H15BrN6/c1-10-17(14-5-3-12(8-20)9-21-14)22-15-7-13(19)4-6-16(15)25-11(2)23-24-18(10)25/h3-7,9-10,17,22H,1-2H3. The van der Waals surface area contributed by atoms with Gasteiger partial charge in [0.15, 0.2) is 0 Å². The second-order valence-corrected chi connectivity index (χ2v) is 7.01. The van der Waals surface area contributed by atoms with Crippen LogP contribution in [0, 0.1) is 18.3 Å². The summed E-state index contributed by atoms with van der Waals surface area (Å²) >= 11 is 3.54. The minimum Gasteiger partial charge on any atom is -0.374 e. The summed E-state index contributed by atoms with van der Waals surface area (Å²) in [6, 6.07) is 11.8. The maximum absolute atomic E-state index is 9.00. The molecule has 3 aromatic rings. The quantitative estimate of drug-likeness (QED) is 0.677. The minimum absolute atomic E-state index is 0.0489. The van der Waals surface area contributed by atoms with Gasteiger partial charge in [0.1, 0.15) is 17.7 Å². The van der Waals surface area contributed by atoms with E-state index in [0.29, 0.717) is 5.56 Å². The maximum atomic E-state index is 9.00. The summed E-state index contributed by atoms with van der Waals surface area (Å²) in [7, 11) is 0. The third-order valence-electron chi connectivity index (χ3n) is 4.50. The van der Waals surface area contributed by atoms with Crippen LogP contribution in [-0.2, 0) is 0 Å². The van der Waals surface area contributed by atoms with Crippen LogP contribution in [0.4, 0.5) is 5.69 Å². The van der Waals surface area contributed by atoms with Gasteiger partial charge in [-0.3, -0.25) is 9.55 Å². The second kappa shape index (κ2) is 5.97. The van der Waals surface area contributed by atoms with Crippen molar-refractivity contribution in [1.29, 1.82) is 5.26 Å². The number of nitrogens with zero attached hydrogens (tertiary/aromatic N) is 5. The van der Waals surface area contributed by atoms with Crippen LogP contribution in [0.15, 0.2) is 41.0 Å². The summed E-state index contributed by atoms with van der Waals surface area (Å²) < 4.78 is 3.08. The number of aromatic nitrogens is 4. The molecule has 0 aliphatic carbocycles. The lowest BCUT2D eigenvalue weighted by Gasteiger charge is -2.22. The lowest BCUT2D eigenvalue weighted by atomic mass is 9.97. The summed E-state index contributed by atoms with van der Waals surface area (Å²) in [6.07, 6.45) is 1.60. The van der Waals surface area contributed by atoms with E-state index in [1.807, 2.05) is 31.2 Å². The van der Waals surface area contributed by atoms with Crippen molar-refractivity contribution in [2.24, 2.45) is 0 Å². The highest BCUT2D eigenvalue weighted by atomic mass is 79.9. The van der Waals surface area contributed by atoms with E-state index in [1.54, 1.807) is 12.3 Å². The molecule has 0 bridgehead atoms. The normalized spacial score (nSPS) is 18.5. The molecule has 4 rings (SSSR count). The molecule has 6 nitrogen and oxygen atoms in total. The summed E-state index contributed by atoms with van der Waals surface area (Å²) in [6.45, 7) is 4.06. The number of nitrogens with one attached hydrogen (secondary N) is 1. The zero-order valence-corrected chi connectivity index (χ0v) is 15.3. The lowest BCUT2D eigenvalue weighted by molar-refractivity contribution is 0.586. The number of rotatable bonds is 1. The van der Waals surface area contributed by atoms with E-state index >= 15 is 0 Å². The van der Waals surface area contributed by atoms with Crippen molar-refractivity contribution in [2.75, 3.05) is 5.32 Å². The van der Waals surface area contributed by atoms with E-state index in [1.165, 1.54) is 0 Å². The number of anilines is 1. The van der Waals surface area contributed by atoms with Gasteiger partial charge >= 0.3 is 0 Å². The first kappa shape index (κ1) is 15.8. The third-order valence-corrected chi connectivity index (χ3v) is 5.00. The largest absolute Gasteiger partial charge is 0.374 e. The highest BCUT2D eigenvalue weighted by molar-refractivity contribution is 9.10. The Balaban J connectivity index is 1.89. The number of benzene rings is 1. The van der Waals surface area contributed by atoms with Gasteiger partial charge in [0.25, 0.3) is 0 Å². The van der Waals surface area contributed by atoms with Crippen LogP contribution in [0.5, 0.6) is 0 Å². The van der Waals surface area contributed by atoms with Gasteiger partial charge in [-0.15, -0.1) is 10.2 Å². The average molecular weight is 395 g/mol. The van der Waals surface area contributed by atoms with Gasteiger partial charge in [0.05, 0.1) is 28.7 Å². The molecular weight excluding hydrogens is 380 g/mol. The summed E-state index contributed by atoms with van der Waals surface area (Å²) in [4.78, 5) is 4.49. The first-order chi connectivity index (χ1) is 12.1. The van der Waals surface area contributed by atoms with Gasteiger partial charge < -0.3 is 5.32 Å². The number of nitriles is 1. The Hall–Kier alpha value is -2.72. The Labute approximate surface area is 153 Å². The molecule has 0 spiro atoms. The van der Waals surface area contributed by atoms with Crippen LogP contribution in [-0.4, -0.2) is 19.7 Å². The smallest absolute Gasteiger partial charge is 0.142 e. The number of hydrogen-bond donors (Lipinski definition) is 1. The molecule has 3 heterocycles. The predicted octanol–water partition coefficient (Wildman–Crippen LogP) is 3.88. The molecule has 7 heteroatoms. The Kier molecular flexibility index (Phi) is 3.77. The van der Waals surface area contributed by atoms with Crippen LogP contribution in [0.2, 0.25) is 0 Å². The van der Waals surface area contributed by atoms with E-state index in [-0.39, 0.29) is 12.0 Å². The molecule has 1 N–H and O–H groups in total. The highest BCUT2D eigenvalue weighted by Crippen LogP contribution is 2.40. The Morgan fingerprint density at radius 2 is 2.08 bits per heavy atom. The summed E-state index contributed by atoms with van der Waals surface area (Å²) in [5, 5.41) is 21.3. The molecule has 0 amide bonds. The summed E-state index contributed by atoms with van der Waals surface area (Å²) in [5.74, 6) is 1.79. The minimum atomic E-state index is -0.0781. The Morgan fingerprint density at radius 3 is 2.80 bits per heavy atom. The van der Waals surface area contributed by atoms with E-state index in [9.17, 15) is 0 Å². The number of pyridine rings is 1. The van der Waals surface area contributed by atoms with Crippen molar-refractivity contribution < 1.29 is 0 Å². The first-order valence-corrected chi connectivity index (χ1v) is 8.72. The maximum Gasteiger partial charge on any atom is 0.142 e. The molecule has 1 aliphatic heterocycles. The van der Waals surface area contributed by atoms with E-state index < -0.39 is 0 Å². The molecule has 124 valence electrons. The zero-order valence-electron chi connectivity index (χ0n) is 13.7. The van der Waals surface area contributed by atoms with Gasteiger partial charge in [0.2, 0.25) is 0 Å². The van der Waals surface area contributed by atoms with E-state index in [4.69, 9.17) is 5.26 Å². The van der Waals surface area contributed by atoms with Crippen molar-refractivity contribution in [3.8, 4) is 11.8 Å². The first-order valence-electron chi connectivity index (χ1n) is 7.93. The van der Waals surface area contributed by atoms with Gasteiger partial charge in [-0.25, -0.2) is 0 Å². The van der Waals surface area contributed by atoms with Gasteiger partial charge in [0, 0.05) is 16.6 Å². The highest BCUT2D eigenvalue weighted by Gasteiger charge is 2.31. The number of hydrogen-bond acceptors (Lipinski definition) is 5. The molecule has 1 aliphatic rings. The molecular formula is C18H15BrN6. The Morgan fingerprint density at radius 1 is 1.24 bits per heavy atom. The molecule has 2 unspecified atom stereocenters. The van der Waals surface area contributed by atoms with Crippen molar-refractivity contribution in [3.63, 3.8) is 0 Å². The monoisotopic (exact) mass is 394 g/mol. The van der Waals surface area contributed by atoms with Crippen molar-refractivity contribution >= 4 is 21.6 Å². The van der Waals surface area contributed by atoms with Crippen LogP contribution in [0.25, 0.3) is 5.69 Å². The third kappa shape index (κ3) is 2.59. The topological polar surface area (TPSA) is 79.4 Å². The van der Waals surface area contributed by atoms with Crippen molar-refractivity contribution in [2.45, 2.75) is 25.8 Å². The van der Waals surface area contributed by atoms with E-state index in [0.717, 1.165) is 33.2 Å². The van der Waals surface area contributed by atoms with Crippen LogP contribution in [0.1, 0.15) is 41.8 Å². The fourth-order valence-corrected chi connectivity index (χ4v) is 3.58. The molecule has 2 aromatic heterocycles. The SMILES string of the molecule is Cc1nnc2n1-c1ccc(Br)cc1NC(c1ccc(C#N)cn1)C2C. The summed E-state index contributed by atoms with van der Waals surface area (Å²) in [5.41, 5.74) is 3.42. The molecule has 0 fully saturated rings. The zero-order chi connectivity index (χ0) is 17.6. The van der Waals surface area contributed by atoms with Gasteiger partial charge in [-0.2, -0.15) is 5.26 Å². The van der Waals surface area contributed by atoms with Gasteiger partial charge in [-0.1, -0.05) is 22.9 Å². The predicted molar refractivity (Wildman–Crippen MR) is 97.5 cm³/mol. The number of fused-ring (bicyclic) bond motifs is 3. The molecule has 1 aromatic carbocycles.